The first-order valence-electron chi connectivity index (χ1n) is 6.97. The van der Waals surface area contributed by atoms with Crippen molar-refractivity contribution in [3.63, 3.8) is 0 Å². The van der Waals surface area contributed by atoms with Crippen LogP contribution in [0.3, 0.4) is 0 Å². The fourth-order valence-corrected chi connectivity index (χ4v) is 2.65. The molecule has 1 aliphatic heterocycles. The maximum Gasteiger partial charge on any atom is 0.241 e. The van der Waals surface area contributed by atoms with E-state index in [0.29, 0.717) is 12.6 Å². The molecule has 0 bridgehead atoms. The van der Waals surface area contributed by atoms with Crippen LogP contribution in [0.25, 0.3) is 0 Å². The van der Waals surface area contributed by atoms with E-state index < -0.39 is 0 Å². The van der Waals surface area contributed by atoms with Gasteiger partial charge in [-0.25, -0.2) is 0 Å². The van der Waals surface area contributed by atoms with Gasteiger partial charge in [0.1, 0.15) is 0 Å². The number of likely N-dealkylation sites (tertiary alicyclic amines) is 1. The lowest BCUT2D eigenvalue weighted by Crippen LogP contribution is -2.43. The average Bonchev–Trinajstić information content (AvgIpc) is 2.85. The van der Waals surface area contributed by atoms with E-state index in [0.717, 1.165) is 17.8 Å². The van der Waals surface area contributed by atoms with Crippen molar-refractivity contribution in [2.24, 2.45) is 5.73 Å². The molecule has 3 N–H and O–H groups in total. The number of carbonyl (C=O) groups is 1. The summed E-state index contributed by atoms with van der Waals surface area (Å²) in [5.74, 6) is 0.0641. The lowest BCUT2D eigenvalue weighted by atomic mass is 10.2. The maximum atomic E-state index is 12.2. The summed E-state index contributed by atoms with van der Waals surface area (Å²) in [6, 6.07) is 8.12. The number of hydrogen-bond acceptors (Lipinski definition) is 3. The van der Waals surface area contributed by atoms with Crippen LogP contribution in [0.2, 0.25) is 0 Å². The first-order valence-corrected chi connectivity index (χ1v) is 6.97. The lowest BCUT2D eigenvalue weighted by molar-refractivity contribution is -0.121. The van der Waals surface area contributed by atoms with Crippen molar-refractivity contribution in [3.8, 4) is 0 Å². The molecule has 0 aromatic heterocycles. The van der Waals surface area contributed by atoms with Crippen LogP contribution in [-0.4, -0.2) is 29.4 Å². The largest absolute Gasteiger partial charge is 0.326 e. The quantitative estimate of drug-likeness (QED) is 0.871. The van der Waals surface area contributed by atoms with Crippen molar-refractivity contribution in [2.45, 2.75) is 45.3 Å². The van der Waals surface area contributed by atoms with E-state index in [1.54, 1.807) is 0 Å². The Bertz CT molecular complexity index is 430. The highest BCUT2D eigenvalue weighted by Gasteiger charge is 2.29. The van der Waals surface area contributed by atoms with Crippen molar-refractivity contribution in [1.29, 1.82) is 0 Å². The molecule has 4 heteroatoms. The first kappa shape index (κ1) is 14.0. The zero-order valence-corrected chi connectivity index (χ0v) is 11.7. The van der Waals surface area contributed by atoms with Gasteiger partial charge in [-0.1, -0.05) is 12.1 Å². The highest BCUT2D eigenvalue weighted by atomic mass is 16.2. The molecule has 1 heterocycles. The molecule has 1 aromatic rings. The summed E-state index contributed by atoms with van der Waals surface area (Å²) in [6.07, 6.45) is 2.37. The molecule has 104 valence electrons. The van der Waals surface area contributed by atoms with Crippen LogP contribution in [0, 0.1) is 0 Å². The Labute approximate surface area is 115 Å². The molecule has 1 saturated heterocycles. The van der Waals surface area contributed by atoms with Gasteiger partial charge in [-0.15, -0.1) is 0 Å². The fourth-order valence-electron chi connectivity index (χ4n) is 2.65. The zero-order valence-electron chi connectivity index (χ0n) is 11.7. The molecule has 0 spiro atoms. The predicted octanol–water partition coefficient (Wildman–Crippen LogP) is 1.96. The number of nitrogens with two attached hydrogens (primary N) is 1. The molecule has 0 aliphatic carbocycles. The van der Waals surface area contributed by atoms with E-state index >= 15 is 0 Å². The summed E-state index contributed by atoms with van der Waals surface area (Å²) in [4.78, 5) is 14.5. The minimum absolute atomic E-state index is 0.0641. The zero-order chi connectivity index (χ0) is 13.8. The number of hydrogen-bond donors (Lipinski definition) is 2. The molecular weight excluding hydrogens is 238 g/mol. The standard InChI is InChI=1S/C15H23N3O/c1-11-4-3-9-18(11)12(2)15(19)17-14-7-5-13(10-16)6-8-14/h5-8,11-12H,3-4,9-10,16H2,1-2H3,(H,17,19). The van der Waals surface area contributed by atoms with Gasteiger partial charge in [0.05, 0.1) is 6.04 Å². The minimum Gasteiger partial charge on any atom is -0.326 e. The van der Waals surface area contributed by atoms with Crippen molar-refractivity contribution >= 4 is 11.6 Å². The van der Waals surface area contributed by atoms with Crippen molar-refractivity contribution in [2.75, 3.05) is 11.9 Å². The number of amides is 1. The normalized spacial score (nSPS) is 21.3. The molecule has 1 aliphatic rings. The summed E-state index contributed by atoms with van der Waals surface area (Å²) in [5.41, 5.74) is 7.46. The number of carbonyl (C=O) groups excluding carboxylic acids is 1. The van der Waals surface area contributed by atoms with E-state index in [1.807, 2.05) is 31.2 Å². The number of rotatable bonds is 4. The van der Waals surface area contributed by atoms with Crippen LogP contribution in [0.15, 0.2) is 24.3 Å². The Morgan fingerprint density at radius 1 is 1.47 bits per heavy atom. The van der Waals surface area contributed by atoms with Gasteiger partial charge in [-0.2, -0.15) is 0 Å². The molecule has 2 atom stereocenters. The second kappa shape index (κ2) is 6.17. The predicted molar refractivity (Wildman–Crippen MR) is 77.8 cm³/mol. The van der Waals surface area contributed by atoms with Gasteiger partial charge in [-0.05, 0) is 50.9 Å². The molecular formula is C15H23N3O. The molecule has 4 nitrogen and oxygen atoms in total. The molecule has 1 fully saturated rings. The summed E-state index contributed by atoms with van der Waals surface area (Å²) in [6.45, 7) is 5.70. The summed E-state index contributed by atoms with van der Waals surface area (Å²) in [5, 5.41) is 2.97. The fraction of sp³-hybridized carbons (Fsp3) is 0.533. The van der Waals surface area contributed by atoms with Crippen LogP contribution >= 0.6 is 0 Å². The smallest absolute Gasteiger partial charge is 0.241 e. The van der Waals surface area contributed by atoms with Gasteiger partial charge in [0.2, 0.25) is 5.91 Å². The summed E-state index contributed by atoms with van der Waals surface area (Å²) >= 11 is 0. The van der Waals surface area contributed by atoms with Gasteiger partial charge >= 0.3 is 0 Å². The number of benzene rings is 1. The maximum absolute atomic E-state index is 12.2. The Hall–Kier alpha value is -1.39. The van der Waals surface area contributed by atoms with Crippen LogP contribution < -0.4 is 11.1 Å². The topological polar surface area (TPSA) is 58.4 Å². The Kier molecular flexibility index (Phi) is 4.56. The second-order valence-electron chi connectivity index (χ2n) is 5.30. The van der Waals surface area contributed by atoms with Gasteiger partial charge in [0.15, 0.2) is 0 Å². The molecule has 1 aromatic carbocycles. The van der Waals surface area contributed by atoms with E-state index in [4.69, 9.17) is 5.73 Å². The lowest BCUT2D eigenvalue weighted by Gasteiger charge is -2.27. The Balaban J connectivity index is 1.95. The molecule has 2 rings (SSSR count). The highest BCUT2D eigenvalue weighted by Crippen LogP contribution is 2.20. The molecule has 19 heavy (non-hydrogen) atoms. The van der Waals surface area contributed by atoms with Gasteiger partial charge in [0.25, 0.3) is 0 Å². The SMILES string of the molecule is CC1CCCN1C(C)C(=O)Nc1ccc(CN)cc1. The van der Waals surface area contributed by atoms with Gasteiger partial charge in [-0.3, -0.25) is 9.69 Å². The summed E-state index contributed by atoms with van der Waals surface area (Å²) in [7, 11) is 0. The second-order valence-corrected chi connectivity index (χ2v) is 5.30. The van der Waals surface area contributed by atoms with Crippen LogP contribution in [0.1, 0.15) is 32.3 Å². The number of anilines is 1. The molecule has 0 radical (unpaired) electrons. The summed E-state index contributed by atoms with van der Waals surface area (Å²) < 4.78 is 0. The third-order valence-electron chi connectivity index (χ3n) is 3.94. The van der Waals surface area contributed by atoms with Crippen molar-refractivity contribution < 1.29 is 4.79 Å². The van der Waals surface area contributed by atoms with Gasteiger partial charge in [0, 0.05) is 18.3 Å². The Morgan fingerprint density at radius 3 is 2.68 bits per heavy atom. The molecule has 2 unspecified atom stereocenters. The monoisotopic (exact) mass is 261 g/mol. The van der Waals surface area contributed by atoms with Crippen molar-refractivity contribution in [1.82, 2.24) is 4.90 Å². The van der Waals surface area contributed by atoms with Gasteiger partial charge < -0.3 is 11.1 Å². The number of nitrogens with one attached hydrogen (secondary N) is 1. The molecule has 1 amide bonds. The van der Waals surface area contributed by atoms with E-state index in [-0.39, 0.29) is 11.9 Å². The Morgan fingerprint density at radius 2 is 2.16 bits per heavy atom. The average molecular weight is 261 g/mol. The molecule has 0 saturated carbocycles. The van der Waals surface area contributed by atoms with Crippen LogP contribution in [0.4, 0.5) is 5.69 Å². The highest BCUT2D eigenvalue weighted by molar-refractivity contribution is 5.94. The van der Waals surface area contributed by atoms with Crippen LogP contribution in [0.5, 0.6) is 0 Å². The van der Waals surface area contributed by atoms with E-state index in [9.17, 15) is 4.79 Å². The van der Waals surface area contributed by atoms with Crippen molar-refractivity contribution in [3.05, 3.63) is 29.8 Å². The van der Waals surface area contributed by atoms with E-state index in [1.165, 1.54) is 12.8 Å². The van der Waals surface area contributed by atoms with Crippen LogP contribution in [-0.2, 0) is 11.3 Å². The third kappa shape index (κ3) is 3.33. The van der Waals surface area contributed by atoms with E-state index in [2.05, 4.69) is 17.1 Å². The minimum atomic E-state index is -0.0771. The third-order valence-corrected chi connectivity index (χ3v) is 3.94. The first-order chi connectivity index (χ1) is 9.11. The number of nitrogens with zero attached hydrogens (tertiary/aromatic N) is 1.